The fourth-order valence-electron chi connectivity index (χ4n) is 3.44. The molecule has 0 aliphatic heterocycles. The summed E-state index contributed by atoms with van der Waals surface area (Å²) in [6, 6.07) is 7.99. The standard InChI is InChI=1S/C21H24N4O2S/c1-14-5-10-18(22-13-14)27-17-8-6-16(7-9-17)24-20(26)19-15(2)23-21(28-19)25-11-3-4-12-25/h3-5,10-13,16-17H,6-9H2,1-2H3,(H,24,26). The van der Waals surface area contributed by atoms with E-state index in [1.807, 2.05) is 61.3 Å². The Labute approximate surface area is 168 Å². The zero-order valence-electron chi connectivity index (χ0n) is 16.1. The van der Waals surface area contributed by atoms with E-state index in [2.05, 4.69) is 15.3 Å². The van der Waals surface area contributed by atoms with Crippen molar-refractivity contribution in [2.45, 2.75) is 51.7 Å². The average molecular weight is 397 g/mol. The minimum absolute atomic E-state index is 0.0297. The molecule has 6 nitrogen and oxygen atoms in total. The van der Waals surface area contributed by atoms with Crippen molar-refractivity contribution in [2.24, 2.45) is 0 Å². The van der Waals surface area contributed by atoms with Gasteiger partial charge in [0.15, 0.2) is 5.13 Å². The molecule has 7 heteroatoms. The number of ether oxygens (including phenoxy) is 1. The van der Waals surface area contributed by atoms with E-state index in [1.54, 1.807) is 0 Å². The lowest BCUT2D eigenvalue weighted by Crippen LogP contribution is -2.39. The highest BCUT2D eigenvalue weighted by molar-refractivity contribution is 7.16. The number of carbonyl (C=O) groups is 1. The van der Waals surface area contributed by atoms with E-state index in [0.717, 1.165) is 42.1 Å². The van der Waals surface area contributed by atoms with Crippen molar-refractivity contribution in [1.82, 2.24) is 19.9 Å². The SMILES string of the molecule is Cc1ccc(OC2CCC(NC(=O)c3sc(-n4cccc4)nc3C)CC2)nc1. The molecule has 3 heterocycles. The highest BCUT2D eigenvalue weighted by Gasteiger charge is 2.25. The van der Waals surface area contributed by atoms with Crippen molar-refractivity contribution < 1.29 is 9.53 Å². The minimum atomic E-state index is -0.0297. The maximum atomic E-state index is 12.7. The number of nitrogens with zero attached hydrogens (tertiary/aromatic N) is 3. The summed E-state index contributed by atoms with van der Waals surface area (Å²) in [6.07, 6.45) is 9.49. The van der Waals surface area contributed by atoms with Crippen LogP contribution in [0.2, 0.25) is 0 Å². The van der Waals surface area contributed by atoms with Crippen molar-refractivity contribution in [1.29, 1.82) is 0 Å². The summed E-state index contributed by atoms with van der Waals surface area (Å²) < 4.78 is 7.90. The zero-order chi connectivity index (χ0) is 19.5. The molecule has 0 aromatic carbocycles. The largest absolute Gasteiger partial charge is 0.474 e. The first kappa shape index (κ1) is 18.7. The van der Waals surface area contributed by atoms with E-state index in [-0.39, 0.29) is 18.1 Å². The van der Waals surface area contributed by atoms with Gasteiger partial charge in [-0.05, 0) is 57.2 Å². The van der Waals surface area contributed by atoms with Gasteiger partial charge in [-0.15, -0.1) is 0 Å². The molecule has 0 spiro atoms. The van der Waals surface area contributed by atoms with Crippen LogP contribution < -0.4 is 10.1 Å². The van der Waals surface area contributed by atoms with Crippen LogP contribution in [0.15, 0.2) is 42.9 Å². The van der Waals surface area contributed by atoms with Gasteiger partial charge < -0.3 is 14.6 Å². The molecular formula is C21H24N4O2S. The second-order valence-electron chi connectivity index (χ2n) is 7.24. The van der Waals surface area contributed by atoms with Gasteiger partial charge in [0.2, 0.25) is 5.88 Å². The molecule has 146 valence electrons. The Morgan fingerprint density at radius 2 is 1.93 bits per heavy atom. The van der Waals surface area contributed by atoms with E-state index in [0.29, 0.717) is 10.8 Å². The molecule has 1 fully saturated rings. The van der Waals surface area contributed by atoms with Gasteiger partial charge in [0.25, 0.3) is 5.91 Å². The number of hydrogen-bond donors (Lipinski definition) is 1. The molecule has 0 unspecified atom stereocenters. The van der Waals surface area contributed by atoms with Gasteiger partial charge in [0.05, 0.1) is 5.69 Å². The first-order valence-electron chi connectivity index (χ1n) is 9.59. The van der Waals surface area contributed by atoms with Gasteiger partial charge in [-0.3, -0.25) is 4.79 Å². The third kappa shape index (κ3) is 4.25. The molecule has 28 heavy (non-hydrogen) atoms. The van der Waals surface area contributed by atoms with Gasteiger partial charge in [0.1, 0.15) is 11.0 Å². The fourth-order valence-corrected chi connectivity index (χ4v) is 4.37. The molecule has 1 saturated carbocycles. The van der Waals surface area contributed by atoms with Gasteiger partial charge >= 0.3 is 0 Å². The second kappa shape index (κ2) is 8.14. The van der Waals surface area contributed by atoms with Crippen molar-refractivity contribution in [3.63, 3.8) is 0 Å². The van der Waals surface area contributed by atoms with Crippen LogP contribution in [0, 0.1) is 13.8 Å². The van der Waals surface area contributed by atoms with Crippen LogP contribution in [0.3, 0.4) is 0 Å². The number of aromatic nitrogens is 3. The third-order valence-electron chi connectivity index (χ3n) is 5.00. The second-order valence-corrected chi connectivity index (χ2v) is 8.22. The van der Waals surface area contributed by atoms with Gasteiger partial charge in [-0.2, -0.15) is 0 Å². The quantitative estimate of drug-likeness (QED) is 0.706. The van der Waals surface area contributed by atoms with Crippen LogP contribution in [0.5, 0.6) is 5.88 Å². The number of hydrogen-bond acceptors (Lipinski definition) is 5. The molecular weight excluding hydrogens is 372 g/mol. The summed E-state index contributed by atoms with van der Waals surface area (Å²) in [5.74, 6) is 0.647. The van der Waals surface area contributed by atoms with Crippen LogP contribution in [-0.4, -0.2) is 32.6 Å². The molecule has 1 aliphatic rings. The van der Waals surface area contributed by atoms with E-state index in [1.165, 1.54) is 11.3 Å². The summed E-state index contributed by atoms with van der Waals surface area (Å²) >= 11 is 1.42. The first-order valence-corrected chi connectivity index (χ1v) is 10.4. The lowest BCUT2D eigenvalue weighted by atomic mass is 9.93. The number of thiazole rings is 1. The van der Waals surface area contributed by atoms with Crippen LogP contribution in [0.25, 0.3) is 5.13 Å². The van der Waals surface area contributed by atoms with Crippen molar-refractivity contribution in [3.8, 4) is 11.0 Å². The van der Waals surface area contributed by atoms with E-state index in [4.69, 9.17) is 4.74 Å². The summed E-state index contributed by atoms with van der Waals surface area (Å²) in [5.41, 5.74) is 1.89. The Bertz CT molecular complexity index is 926. The maximum absolute atomic E-state index is 12.7. The fraction of sp³-hybridized carbons (Fsp3) is 0.381. The molecule has 1 aliphatic carbocycles. The third-order valence-corrected chi connectivity index (χ3v) is 6.17. The Hall–Kier alpha value is -2.67. The van der Waals surface area contributed by atoms with Crippen molar-refractivity contribution in [2.75, 3.05) is 0 Å². The summed E-state index contributed by atoms with van der Waals surface area (Å²) in [5, 5.41) is 3.99. The predicted molar refractivity (Wildman–Crippen MR) is 109 cm³/mol. The van der Waals surface area contributed by atoms with Crippen LogP contribution in [0.1, 0.15) is 46.6 Å². The number of nitrogens with one attached hydrogen (secondary N) is 1. The van der Waals surface area contributed by atoms with Gasteiger partial charge in [-0.25, -0.2) is 9.97 Å². The highest BCUT2D eigenvalue weighted by atomic mass is 32.1. The van der Waals surface area contributed by atoms with Gasteiger partial charge in [0, 0.05) is 30.7 Å². The molecule has 4 rings (SSSR count). The Morgan fingerprint density at radius 1 is 1.18 bits per heavy atom. The van der Waals surface area contributed by atoms with Crippen LogP contribution in [0.4, 0.5) is 0 Å². The number of carbonyl (C=O) groups excluding carboxylic acids is 1. The number of rotatable bonds is 5. The maximum Gasteiger partial charge on any atom is 0.263 e. The minimum Gasteiger partial charge on any atom is -0.474 e. The Balaban J connectivity index is 1.31. The predicted octanol–water partition coefficient (Wildman–Crippen LogP) is 4.07. The van der Waals surface area contributed by atoms with E-state index >= 15 is 0 Å². The average Bonchev–Trinajstić information content (AvgIpc) is 3.35. The molecule has 1 N–H and O–H groups in total. The van der Waals surface area contributed by atoms with Crippen LogP contribution >= 0.6 is 11.3 Å². The first-order chi connectivity index (χ1) is 13.6. The lowest BCUT2D eigenvalue weighted by molar-refractivity contribution is 0.0893. The monoisotopic (exact) mass is 396 g/mol. The van der Waals surface area contributed by atoms with Crippen molar-refractivity contribution >= 4 is 17.2 Å². The number of amides is 1. The van der Waals surface area contributed by atoms with Crippen molar-refractivity contribution in [3.05, 3.63) is 59.0 Å². The Morgan fingerprint density at radius 3 is 2.61 bits per heavy atom. The summed E-state index contributed by atoms with van der Waals surface area (Å²) in [7, 11) is 0. The topological polar surface area (TPSA) is 69.0 Å². The van der Waals surface area contributed by atoms with Crippen LogP contribution in [-0.2, 0) is 0 Å². The molecule has 3 aromatic rings. The molecule has 0 atom stereocenters. The summed E-state index contributed by atoms with van der Waals surface area (Å²) in [6.45, 7) is 3.90. The smallest absolute Gasteiger partial charge is 0.263 e. The van der Waals surface area contributed by atoms with Gasteiger partial charge in [-0.1, -0.05) is 17.4 Å². The molecule has 0 bridgehead atoms. The number of aryl methyl sites for hydroxylation is 2. The number of pyridine rings is 1. The lowest BCUT2D eigenvalue weighted by Gasteiger charge is -2.29. The Kier molecular flexibility index (Phi) is 5.43. The van der Waals surface area contributed by atoms with E-state index < -0.39 is 0 Å². The summed E-state index contributed by atoms with van der Waals surface area (Å²) in [4.78, 5) is 22.3. The molecule has 0 saturated heterocycles. The normalized spacial score (nSPS) is 19.4. The molecule has 1 amide bonds. The van der Waals surface area contributed by atoms with E-state index in [9.17, 15) is 4.79 Å². The molecule has 0 radical (unpaired) electrons. The molecule has 3 aromatic heterocycles. The zero-order valence-corrected chi connectivity index (χ0v) is 16.9. The highest BCUT2D eigenvalue weighted by Crippen LogP contribution is 2.25.